The Labute approximate surface area is 126 Å². The molecule has 1 aromatic rings. The lowest BCUT2D eigenvalue weighted by Gasteiger charge is -2.19. The molecule has 1 rings (SSSR count). The number of hydrogen-bond acceptors (Lipinski definition) is 4. The number of rotatable bonds is 9. The molecule has 0 saturated carbocycles. The smallest absolute Gasteiger partial charge is 0.0898 e. The second kappa shape index (κ2) is 9.32. The Morgan fingerprint density at radius 3 is 2.70 bits per heavy atom. The van der Waals surface area contributed by atoms with Gasteiger partial charge in [-0.3, -0.25) is 0 Å². The van der Waals surface area contributed by atoms with E-state index in [0.717, 1.165) is 5.56 Å². The van der Waals surface area contributed by atoms with Crippen molar-refractivity contribution in [1.29, 1.82) is 0 Å². The summed E-state index contributed by atoms with van der Waals surface area (Å²) >= 11 is 5.96. The Kier molecular flexibility index (Phi) is 8.11. The molecule has 0 amide bonds. The molecule has 0 fully saturated rings. The van der Waals surface area contributed by atoms with Gasteiger partial charge in [-0.05, 0) is 31.5 Å². The third-order valence-corrected chi connectivity index (χ3v) is 3.22. The number of aliphatic hydroxyl groups excluding tert-OH is 1. The van der Waals surface area contributed by atoms with Crippen LogP contribution in [0.25, 0.3) is 0 Å². The molecule has 5 heteroatoms. The first-order valence-corrected chi connectivity index (χ1v) is 7.18. The summed E-state index contributed by atoms with van der Waals surface area (Å²) in [7, 11) is 1.63. The first kappa shape index (κ1) is 17.4. The van der Waals surface area contributed by atoms with E-state index in [-0.39, 0.29) is 12.1 Å². The van der Waals surface area contributed by atoms with Crippen LogP contribution in [-0.2, 0) is 9.47 Å². The van der Waals surface area contributed by atoms with E-state index in [1.54, 1.807) is 7.11 Å². The number of halogens is 1. The predicted molar refractivity (Wildman–Crippen MR) is 81.2 cm³/mol. The summed E-state index contributed by atoms with van der Waals surface area (Å²) in [5.41, 5.74) is 1.10. The van der Waals surface area contributed by atoms with Crippen LogP contribution in [0.2, 0.25) is 5.02 Å². The Morgan fingerprint density at radius 2 is 2.05 bits per heavy atom. The molecule has 0 saturated heterocycles. The van der Waals surface area contributed by atoms with E-state index >= 15 is 0 Å². The van der Waals surface area contributed by atoms with Gasteiger partial charge in [-0.25, -0.2) is 0 Å². The topological polar surface area (TPSA) is 50.7 Å². The standard InChI is InChI=1S/C15H24ClNO3/c1-11(9-19-3)20-10-15(18)8-17-12(2)13-5-4-6-14(16)7-13/h4-7,11-12,15,17-18H,8-10H2,1-3H3. The lowest BCUT2D eigenvalue weighted by atomic mass is 10.1. The normalized spacial score (nSPS) is 15.8. The minimum absolute atomic E-state index is 0.0139. The monoisotopic (exact) mass is 301 g/mol. The van der Waals surface area contributed by atoms with Crippen molar-refractivity contribution >= 4 is 11.6 Å². The quantitative estimate of drug-likeness (QED) is 0.735. The van der Waals surface area contributed by atoms with E-state index in [0.29, 0.717) is 24.8 Å². The molecule has 0 aliphatic heterocycles. The van der Waals surface area contributed by atoms with Gasteiger partial charge in [0, 0.05) is 24.7 Å². The summed E-state index contributed by atoms with van der Waals surface area (Å²) in [6.07, 6.45) is -0.559. The number of hydrogen-bond donors (Lipinski definition) is 2. The van der Waals surface area contributed by atoms with Crippen molar-refractivity contribution in [2.75, 3.05) is 26.9 Å². The van der Waals surface area contributed by atoms with Crippen LogP contribution in [0.5, 0.6) is 0 Å². The molecule has 0 aliphatic rings. The van der Waals surface area contributed by atoms with E-state index < -0.39 is 6.10 Å². The van der Waals surface area contributed by atoms with Gasteiger partial charge < -0.3 is 19.9 Å². The highest BCUT2D eigenvalue weighted by molar-refractivity contribution is 6.30. The highest BCUT2D eigenvalue weighted by Gasteiger charge is 2.11. The van der Waals surface area contributed by atoms with Crippen LogP contribution < -0.4 is 5.32 Å². The molecule has 2 N–H and O–H groups in total. The summed E-state index contributed by atoms with van der Waals surface area (Å²) in [5, 5.41) is 13.8. The summed E-state index contributed by atoms with van der Waals surface area (Å²) in [4.78, 5) is 0. The van der Waals surface area contributed by atoms with Gasteiger partial charge in [0.15, 0.2) is 0 Å². The number of ether oxygens (including phenoxy) is 2. The minimum Gasteiger partial charge on any atom is -0.389 e. The molecule has 20 heavy (non-hydrogen) atoms. The third kappa shape index (κ3) is 6.68. The van der Waals surface area contributed by atoms with Gasteiger partial charge in [-0.2, -0.15) is 0 Å². The Bertz CT molecular complexity index is 389. The van der Waals surface area contributed by atoms with Gasteiger partial charge in [0.05, 0.1) is 25.4 Å². The Hall–Kier alpha value is -0.650. The highest BCUT2D eigenvalue weighted by atomic mass is 35.5. The predicted octanol–water partition coefficient (Wildman–Crippen LogP) is 2.40. The molecular formula is C15H24ClNO3. The fraction of sp³-hybridized carbons (Fsp3) is 0.600. The maximum absolute atomic E-state index is 9.86. The third-order valence-electron chi connectivity index (χ3n) is 2.98. The van der Waals surface area contributed by atoms with Crippen molar-refractivity contribution in [2.45, 2.75) is 32.1 Å². The summed E-state index contributed by atoms with van der Waals surface area (Å²) < 4.78 is 10.4. The van der Waals surface area contributed by atoms with Crippen LogP contribution in [0.4, 0.5) is 0 Å². The van der Waals surface area contributed by atoms with E-state index in [2.05, 4.69) is 5.32 Å². The summed E-state index contributed by atoms with van der Waals surface area (Å²) in [6, 6.07) is 7.81. The average Bonchev–Trinajstić information content (AvgIpc) is 2.43. The molecule has 3 unspecified atom stereocenters. The number of nitrogens with one attached hydrogen (secondary N) is 1. The summed E-state index contributed by atoms with van der Waals surface area (Å²) in [6.45, 7) is 5.23. The molecule has 1 aromatic carbocycles. The minimum atomic E-state index is -0.545. The van der Waals surface area contributed by atoms with Crippen LogP contribution in [0.1, 0.15) is 25.5 Å². The van der Waals surface area contributed by atoms with Crippen molar-refractivity contribution in [2.24, 2.45) is 0 Å². The van der Waals surface area contributed by atoms with Gasteiger partial charge in [0.1, 0.15) is 0 Å². The van der Waals surface area contributed by atoms with Crippen LogP contribution >= 0.6 is 11.6 Å². The van der Waals surface area contributed by atoms with E-state index in [9.17, 15) is 5.11 Å². The van der Waals surface area contributed by atoms with Gasteiger partial charge in [-0.1, -0.05) is 23.7 Å². The fourth-order valence-electron chi connectivity index (χ4n) is 1.82. The molecule has 0 heterocycles. The lowest BCUT2D eigenvalue weighted by Crippen LogP contribution is -2.33. The molecule has 114 valence electrons. The average molecular weight is 302 g/mol. The SMILES string of the molecule is COCC(C)OCC(O)CNC(C)c1cccc(Cl)c1. The maximum atomic E-state index is 9.86. The lowest BCUT2D eigenvalue weighted by molar-refractivity contribution is -0.0315. The highest BCUT2D eigenvalue weighted by Crippen LogP contribution is 2.17. The van der Waals surface area contributed by atoms with E-state index in [1.807, 2.05) is 38.1 Å². The molecular weight excluding hydrogens is 278 g/mol. The Morgan fingerprint density at radius 1 is 1.30 bits per heavy atom. The molecule has 3 atom stereocenters. The zero-order valence-corrected chi connectivity index (χ0v) is 13.1. The van der Waals surface area contributed by atoms with Gasteiger partial charge in [-0.15, -0.1) is 0 Å². The molecule has 0 aliphatic carbocycles. The number of benzene rings is 1. The molecule has 0 aromatic heterocycles. The van der Waals surface area contributed by atoms with Crippen LogP contribution in [-0.4, -0.2) is 44.2 Å². The Balaban J connectivity index is 2.28. The zero-order valence-electron chi connectivity index (χ0n) is 12.3. The molecule has 4 nitrogen and oxygen atoms in total. The van der Waals surface area contributed by atoms with Gasteiger partial charge in [0.25, 0.3) is 0 Å². The first-order valence-electron chi connectivity index (χ1n) is 6.80. The summed E-state index contributed by atoms with van der Waals surface area (Å²) in [5.74, 6) is 0. The largest absolute Gasteiger partial charge is 0.389 e. The zero-order chi connectivity index (χ0) is 15.0. The van der Waals surface area contributed by atoms with Crippen molar-refractivity contribution in [3.05, 3.63) is 34.9 Å². The van der Waals surface area contributed by atoms with E-state index in [1.165, 1.54) is 0 Å². The maximum Gasteiger partial charge on any atom is 0.0898 e. The molecule has 0 radical (unpaired) electrons. The van der Waals surface area contributed by atoms with Crippen molar-refractivity contribution in [3.63, 3.8) is 0 Å². The van der Waals surface area contributed by atoms with Gasteiger partial charge in [0.2, 0.25) is 0 Å². The van der Waals surface area contributed by atoms with Gasteiger partial charge >= 0.3 is 0 Å². The fourth-order valence-corrected chi connectivity index (χ4v) is 2.02. The van der Waals surface area contributed by atoms with Crippen LogP contribution in [0.15, 0.2) is 24.3 Å². The second-order valence-corrected chi connectivity index (χ2v) is 5.37. The van der Waals surface area contributed by atoms with Crippen molar-refractivity contribution in [3.8, 4) is 0 Å². The second-order valence-electron chi connectivity index (χ2n) is 4.94. The van der Waals surface area contributed by atoms with E-state index in [4.69, 9.17) is 21.1 Å². The number of aliphatic hydroxyl groups is 1. The van der Waals surface area contributed by atoms with Crippen LogP contribution in [0, 0.1) is 0 Å². The molecule has 0 spiro atoms. The van der Waals surface area contributed by atoms with Crippen molar-refractivity contribution in [1.82, 2.24) is 5.32 Å². The first-order chi connectivity index (χ1) is 9.52. The van der Waals surface area contributed by atoms with Crippen LogP contribution in [0.3, 0.4) is 0 Å². The number of methoxy groups -OCH3 is 1. The molecule has 0 bridgehead atoms. The van der Waals surface area contributed by atoms with Crippen molar-refractivity contribution < 1.29 is 14.6 Å².